The lowest BCUT2D eigenvalue weighted by molar-refractivity contribution is -0.147. The van der Waals surface area contributed by atoms with Crippen molar-refractivity contribution in [3.63, 3.8) is 0 Å². The van der Waals surface area contributed by atoms with Crippen molar-refractivity contribution in [2.45, 2.75) is 45.3 Å². The van der Waals surface area contributed by atoms with Gasteiger partial charge in [0.25, 0.3) is 0 Å². The molecule has 20 heavy (non-hydrogen) atoms. The normalized spacial score (nSPS) is 32.1. The van der Waals surface area contributed by atoms with Crippen molar-refractivity contribution in [3.05, 3.63) is 12.7 Å². The molecule has 1 aliphatic carbocycles. The Balaban J connectivity index is 2.19. The highest BCUT2D eigenvalue weighted by atomic mass is 16.6. The van der Waals surface area contributed by atoms with Crippen molar-refractivity contribution in [1.82, 2.24) is 4.90 Å². The van der Waals surface area contributed by atoms with Crippen molar-refractivity contribution in [2.75, 3.05) is 13.7 Å². The predicted molar refractivity (Wildman–Crippen MR) is 74.1 cm³/mol. The van der Waals surface area contributed by atoms with E-state index in [-0.39, 0.29) is 17.3 Å². The zero-order chi connectivity index (χ0) is 15.1. The van der Waals surface area contributed by atoms with Gasteiger partial charge in [-0.15, -0.1) is 6.58 Å². The zero-order valence-electron chi connectivity index (χ0n) is 12.6. The highest BCUT2D eigenvalue weighted by Gasteiger charge is 2.66. The summed E-state index contributed by atoms with van der Waals surface area (Å²) in [6.45, 7) is 9.77. The second-order valence-corrected chi connectivity index (χ2v) is 6.63. The number of carbonyl (C=O) groups excluding carboxylic acids is 2. The van der Waals surface area contributed by atoms with Crippen LogP contribution < -0.4 is 0 Å². The van der Waals surface area contributed by atoms with E-state index in [2.05, 4.69) is 6.58 Å². The van der Waals surface area contributed by atoms with E-state index in [9.17, 15) is 9.59 Å². The molecule has 0 aromatic rings. The molecule has 1 amide bonds. The van der Waals surface area contributed by atoms with Gasteiger partial charge in [-0.1, -0.05) is 6.08 Å². The molecule has 2 unspecified atom stereocenters. The molecule has 2 aliphatic rings. The number of rotatable bonds is 2. The smallest absolute Gasteiger partial charge is 0.411 e. The van der Waals surface area contributed by atoms with Gasteiger partial charge in [-0.25, -0.2) is 9.59 Å². The molecular formula is C15H23NO4. The van der Waals surface area contributed by atoms with Gasteiger partial charge >= 0.3 is 12.1 Å². The number of methoxy groups -OCH3 is 1. The van der Waals surface area contributed by atoms with Gasteiger partial charge in [-0.3, -0.25) is 4.90 Å². The number of nitrogens with zero attached hydrogens (tertiary/aromatic N) is 1. The molecule has 1 saturated heterocycles. The van der Waals surface area contributed by atoms with Gasteiger partial charge in [0.1, 0.15) is 11.6 Å². The van der Waals surface area contributed by atoms with Crippen molar-refractivity contribution >= 4 is 12.1 Å². The van der Waals surface area contributed by atoms with Crippen LogP contribution in [0.2, 0.25) is 0 Å². The van der Waals surface area contributed by atoms with Crippen LogP contribution >= 0.6 is 0 Å². The Hall–Kier alpha value is -1.52. The van der Waals surface area contributed by atoms with Crippen LogP contribution in [0.1, 0.15) is 33.6 Å². The molecule has 0 aromatic carbocycles. The molecule has 1 aliphatic heterocycles. The van der Waals surface area contributed by atoms with Crippen LogP contribution in [0, 0.1) is 11.3 Å². The summed E-state index contributed by atoms with van der Waals surface area (Å²) in [5.74, 6) is -0.0863. The van der Waals surface area contributed by atoms with Crippen LogP contribution in [0.5, 0.6) is 0 Å². The summed E-state index contributed by atoms with van der Waals surface area (Å²) in [4.78, 5) is 25.9. The molecule has 5 heteroatoms. The average molecular weight is 281 g/mol. The van der Waals surface area contributed by atoms with Crippen LogP contribution in [0.25, 0.3) is 0 Å². The van der Waals surface area contributed by atoms with Crippen LogP contribution in [0.15, 0.2) is 12.7 Å². The SMILES string of the molecule is C=CC1CC12CCN(C(=O)OC(C)(C)C)[C@@H]2C(=O)OC. The van der Waals surface area contributed by atoms with E-state index in [0.717, 1.165) is 12.8 Å². The number of esters is 1. The fourth-order valence-electron chi connectivity index (χ4n) is 3.17. The maximum absolute atomic E-state index is 12.3. The zero-order valence-corrected chi connectivity index (χ0v) is 12.6. The summed E-state index contributed by atoms with van der Waals surface area (Å²) < 4.78 is 10.3. The average Bonchev–Trinajstić information content (AvgIpc) is 2.90. The van der Waals surface area contributed by atoms with Gasteiger partial charge in [0.15, 0.2) is 0 Å². The van der Waals surface area contributed by atoms with Crippen molar-refractivity contribution in [1.29, 1.82) is 0 Å². The Labute approximate surface area is 119 Å². The van der Waals surface area contributed by atoms with Gasteiger partial charge in [0.2, 0.25) is 0 Å². The first-order valence-corrected chi connectivity index (χ1v) is 6.95. The second kappa shape index (κ2) is 4.79. The first-order valence-electron chi connectivity index (χ1n) is 6.95. The van der Waals surface area contributed by atoms with E-state index in [1.54, 1.807) is 0 Å². The summed E-state index contributed by atoms with van der Waals surface area (Å²) in [7, 11) is 1.35. The Morgan fingerprint density at radius 1 is 1.40 bits per heavy atom. The van der Waals surface area contributed by atoms with Gasteiger partial charge in [0, 0.05) is 12.0 Å². The standard InChI is InChI=1S/C15H23NO4/c1-6-10-9-15(10)7-8-16(11(15)12(17)19-5)13(18)20-14(2,3)4/h6,10-11H,1,7-9H2,2-5H3/t10?,11-,15?/m1/s1. The number of likely N-dealkylation sites (tertiary alicyclic amines) is 1. The molecule has 1 saturated carbocycles. The molecule has 112 valence electrons. The van der Waals surface area contributed by atoms with Crippen LogP contribution in [0.4, 0.5) is 4.79 Å². The fraction of sp³-hybridized carbons (Fsp3) is 0.733. The molecule has 1 heterocycles. The molecule has 0 N–H and O–H groups in total. The van der Waals surface area contributed by atoms with E-state index in [1.807, 2.05) is 26.8 Å². The highest BCUT2D eigenvalue weighted by molar-refractivity contribution is 5.84. The van der Waals surface area contributed by atoms with Gasteiger partial charge in [-0.2, -0.15) is 0 Å². The minimum Gasteiger partial charge on any atom is -0.467 e. The molecule has 0 bridgehead atoms. The third kappa shape index (κ3) is 2.41. The lowest BCUT2D eigenvalue weighted by atomic mass is 9.94. The lowest BCUT2D eigenvalue weighted by Crippen LogP contribution is -2.47. The Bertz CT molecular complexity index is 440. The minimum absolute atomic E-state index is 0.189. The summed E-state index contributed by atoms with van der Waals surface area (Å²) in [6.07, 6.45) is 3.10. The van der Waals surface area contributed by atoms with Crippen LogP contribution in [-0.2, 0) is 14.3 Å². The Kier molecular flexibility index (Phi) is 3.56. The lowest BCUT2D eigenvalue weighted by Gasteiger charge is -2.29. The number of ether oxygens (including phenoxy) is 2. The van der Waals surface area contributed by atoms with Gasteiger partial charge < -0.3 is 9.47 Å². The molecule has 1 spiro atoms. The van der Waals surface area contributed by atoms with Crippen molar-refractivity contribution in [2.24, 2.45) is 11.3 Å². The summed E-state index contributed by atoms with van der Waals surface area (Å²) in [5.41, 5.74) is -0.763. The minimum atomic E-state index is -0.575. The predicted octanol–water partition coefficient (Wildman–Crippen LogP) is 2.36. The number of hydrogen-bond acceptors (Lipinski definition) is 4. The van der Waals surface area contributed by atoms with Crippen molar-refractivity contribution < 1.29 is 19.1 Å². The summed E-state index contributed by atoms with van der Waals surface area (Å²) in [6, 6.07) is -0.551. The third-order valence-corrected chi connectivity index (χ3v) is 4.19. The Morgan fingerprint density at radius 3 is 2.50 bits per heavy atom. The van der Waals surface area contributed by atoms with E-state index in [4.69, 9.17) is 9.47 Å². The molecule has 3 atom stereocenters. The van der Waals surface area contributed by atoms with Crippen molar-refractivity contribution in [3.8, 4) is 0 Å². The van der Waals surface area contributed by atoms with Crippen LogP contribution in [0.3, 0.4) is 0 Å². The van der Waals surface area contributed by atoms with E-state index in [0.29, 0.717) is 6.54 Å². The molecular weight excluding hydrogens is 258 g/mol. The molecule has 2 rings (SSSR count). The largest absolute Gasteiger partial charge is 0.467 e. The number of carbonyl (C=O) groups is 2. The summed E-state index contributed by atoms with van der Waals surface area (Å²) >= 11 is 0. The van der Waals surface area contributed by atoms with Crippen LogP contribution in [-0.4, -0.2) is 42.3 Å². The number of allylic oxidation sites excluding steroid dienone is 1. The van der Waals surface area contributed by atoms with Gasteiger partial charge in [-0.05, 0) is 39.5 Å². The Morgan fingerprint density at radius 2 is 2.05 bits per heavy atom. The second-order valence-electron chi connectivity index (χ2n) is 6.63. The number of amides is 1. The quantitative estimate of drug-likeness (QED) is 0.576. The maximum atomic E-state index is 12.3. The molecule has 5 nitrogen and oxygen atoms in total. The molecule has 2 fully saturated rings. The first kappa shape index (κ1) is 14.9. The van der Waals surface area contributed by atoms with E-state index >= 15 is 0 Å². The fourth-order valence-corrected chi connectivity index (χ4v) is 3.17. The summed E-state index contributed by atoms with van der Waals surface area (Å²) in [5, 5.41) is 0. The number of hydrogen-bond donors (Lipinski definition) is 0. The maximum Gasteiger partial charge on any atom is 0.411 e. The highest BCUT2D eigenvalue weighted by Crippen LogP contribution is 2.62. The van der Waals surface area contributed by atoms with E-state index in [1.165, 1.54) is 12.0 Å². The van der Waals surface area contributed by atoms with Gasteiger partial charge in [0.05, 0.1) is 7.11 Å². The first-order chi connectivity index (χ1) is 9.25. The topological polar surface area (TPSA) is 55.8 Å². The van der Waals surface area contributed by atoms with E-state index < -0.39 is 17.7 Å². The monoisotopic (exact) mass is 281 g/mol. The molecule has 0 aromatic heterocycles. The molecule has 0 radical (unpaired) electrons. The third-order valence-electron chi connectivity index (χ3n) is 4.19.